The summed E-state index contributed by atoms with van der Waals surface area (Å²) in [5.41, 5.74) is 4.69. The molecule has 9 nitrogen and oxygen atoms in total. The van der Waals surface area contributed by atoms with Crippen molar-refractivity contribution in [2.45, 2.75) is 32.4 Å². The molecule has 0 saturated carbocycles. The maximum Gasteiger partial charge on any atom is 0.287 e. The highest BCUT2D eigenvalue weighted by Gasteiger charge is 2.30. The molecule has 4 aromatic heterocycles. The van der Waals surface area contributed by atoms with Gasteiger partial charge in [-0.1, -0.05) is 6.07 Å². The lowest BCUT2D eigenvalue weighted by atomic mass is 9.93. The van der Waals surface area contributed by atoms with Crippen LogP contribution < -0.4 is 14.8 Å². The topological polar surface area (TPSA) is 104 Å². The molecule has 9 heteroatoms. The van der Waals surface area contributed by atoms with E-state index in [0.717, 1.165) is 46.7 Å². The fraction of sp³-hybridized carbons (Fsp3) is 0.280. The van der Waals surface area contributed by atoms with Crippen LogP contribution in [0.4, 0.5) is 0 Å². The number of pyridine rings is 2. The minimum atomic E-state index is -0.306. The van der Waals surface area contributed by atoms with Gasteiger partial charge in [-0.15, -0.1) is 0 Å². The van der Waals surface area contributed by atoms with Crippen molar-refractivity contribution < 1.29 is 18.7 Å². The van der Waals surface area contributed by atoms with E-state index in [2.05, 4.69) is 21.5 Å². The second kappa shape index (κ2) is 8.33. The van der Waals surface area contributed by atoms with E-state index in [1.165, 1.54) is 0 Å². The van der Waals surface area contributed by atoms with Crippen molar-refractivity contribution in [3.63, 3.8) is 0 Å². The molecule has 172 valence electrons. The van der Waals surface area contributed by atoms with Crippen LogP contribution in [0.2, 0.25) is 0 Å². The van der Waals surface area contributed by atoms with Crippen molar-refractivity contribution in [2.24, 2.45) is 0 Å². The Kier molecular flexibility index (Phi) is 5.01. The second-order valence-electron chi connectivity index (χ2n) is 8.44. The molecular weight excluding hydrogens is 434 g/mol. The van der Waals surface area contributed by atoms with E-state index >= 15 is 0 Å². The van der Waals surface area contributed by atoms with Crippen molar-refractivity contribution in [2.75, 3.05) is 13.2 Å². The van der Waals surface area contributed by atoms with E-state index in [1.54, 1.807) is 24.5 Å². The first kappa shape index (κ1) is 20.5. The van der Waals surface area contributed by atoms with Gasteiger partial charge in [-0.3, -0.25) is 14.5 Å². The van der Waals surface area contributed by atoms with Gasteiger partial charge in [-0.05, 0) is 43.2 Å². The molecule has 4 aromatic rings. The van der Waals surface area contributed by atoms with Crippen LogP contribution in [0.25, 0.3) is 11.3 Å². The first-order valence-electron chi connectivity index (χ1n) is 11.3. The first-order chi connectivity index (χ1) is 16.7. The van der Waals surface area contributed by atoms with E-state index in [9.17, 15) is 4.79 Å². The zero-order valence-corrected chi connectivity index (χ0v) is 18.7. The zero-order valence-electron chi connectivity index (χ0n) is 18.7. The van der Waals surface area contributed by atoms with Crippen LogP contribution in [0, 0.1) is 6.92 Å². The maximum atomic E-state index is 13.0. The normalized spacial score (nSPS) is 16.0. The predicted octanol–water partition coefficient (Wildman–Crippen LogP) is 2.96. The number of aromatic nitrogens is 4. The molecule has 0 bridgehead atoms. The molecule has 0 saturated heterocycles. The summed E-state index contributed by atoms with van der Waals surface area (Å²) in [7, 11) is 0. The summed E-state index contributed by atoms with van der Waals surface area (Å²) in [6.45, 7) is 3.11. The Bertz CT molecular complexity index is 1360. The van der Waals surface area contributed by atoms with E-state index in [4.69, 9.17) is 19.0 Å². The number of nitrogens with zero attached hydrogens (tertiary/aromatic N) is 4. The molecule has 0 radical (unpaired) electrons. The summed E-state index contributed by atoms with van der Waals surface area (Å²) in [5, 5.41) is 7.72. The van der Waals surface area contributed by atoms with Crippen LogP contribution in [-0.4, -0.2) is 44.9 Å². The quantitative estimate of drug-likeness (QED) is 0.491. The number of amides is 1. The smallest absolute Gasteiger partial charge is 0.287 e. The molecule has 1 N–H and O–H groups in total. The summed E-state index contributed by atoms with van der Waals surface area (Å²) >= 11 is 0. The maximum absolute atomic E-state index is 13.0. The van der Waals surface area contributed by atoms with Gasteiger partial charge in [0.05, 0.1) is 24.5 Å². The average molecular weight is 457 g/mol. The Hall–Kier alpha value is -4.14. The number of carbonyl (C=O) groups is 1. The largest absolute Gasteiger partial charge is 0.479 e. The minimum absolute atomic E-state index is 0.276. The number of fused-ring (bicyclic) bond motifs is 4. The number of furan rings is 1. The lowest BCUT2D eigenvalue weighted by Gasteiger charge is -2.25. The molecular formula is C25H23N5O4. The molecule has 5 heterocycles. The first-order valence-corrected chi connectivity index (χ1v) is 11.3. The SMILES string of the molecule is Cc1c(C(=O)NC[C@H]2COc3ncccc3O2)oc2c1-c1nn(Cc3ccccn3)cc1CC2. The molecule has 0 fully saturated rings. The Morgan fingerprint density at radius 3 is 2.97 bits per heavy atom. The lowest BCUT2D eigenvalue weighted by Crippen LogP contribution is -2.41. The number of hydrogen-bond acceptors (Lipinski definition) is 7. The van der Waals surface area contributed by atoms with Gasteiger partial charge in [-0.2, -0.15) is 5.10 Å². The molecule has 0 spiro atoms. The van der Waals surface area contributed by atoms with Gasteiger partial charge in [0.25, 0.3) is 11.8 Å². The van der Waals surface area contributed by atoms with Gasteiger partial charge >= 0.3 is 0 Å². The van der Waals surface area contributed by atoms with Crippen LogP contribution in [0.15, 0.2) is 53.3 Å². The van der Waals surface area contributed by atoms with Crippen LogP contribution >= 0.6 is 0 Å². The highest BCUT2D eigenvalue weighted by atomic mass is 16.6. The van der Waals surface area contributed by atoms with Crippen LogP contribution in [0.5, 0.6) is 11.6 Å². The van der Waals surface area contributed by atoms with E-state index in [1.807, 2.05) is 29.8 Å². The third-order valence-electron chi connectivity index (χ3n) is 6.10. The number of nitrogens with one attached hydrogen (secondary N) is 1. The molecule has 34 heavy (non-hydrogen) atoms. The Morgan fingerprint density at radius 1 is 1.18 bits per heavy atom. The van der Waals surface area contributed by atoms with Crippen molar-refractivity contribution in [1.29, 1.82) is 0 Å². The Balaban J connectivity index is 1.18. The van der Waals surface area contributed by atoms with Crippen molar-refractivity contribution in [3.8, 4) is 22.9 Å². The summed E-state index contributed by atoms with van der Waals surface area (Å²) in [6.07, 6.45) is 6.74. The number of rotatable bonds is 5. The lowest BCUT2D eigenvalue weighted by molar-refractivity contribution is 0.0748. The second-order valence-corrected chi connectivity index (χ2v) is 8.44. The Morgan fingerprint density at radius 2 is 2.09 bits per heavy atom. The van der Waals surface area contributed by atoms with Crippen LogP contribution in [0.1, 0.15) is 33.1 Å². The number of aryl methyl sites for hydroxylation is 2. The monoisotopic (exact) mass is 457 g/mol. The third kappa shape index (κ3) is 3.68. The molecule has 2 aliphatic rings. The van der Waals surface area contributed by atoms with Crippen LogP contribution in [-0.2, 0) is 19.4 Å². The van der Waals surface area contributed by atoms with Crippen molar-refractivity contribution >= 4 is 5.91 Å². The molecule has 0 aromatic carbocycles. The molecule has 1 amide bonds. The molecule has 0 unspecified atom stereocenters. The van der Waals surface area contributed by atoms with E-state index in [0.29, 0.717) is 37.1 Å². The molecule has 1 aliphatic heterocycles. The molecule has 1 aliphatic carbocycles. The van der Waals surface area contributed by atoms with Crippen molar-refractivity contribution in [3.05, 3.63) is 77.3 Å². The van der Waals surface area contributed by atoms with Gasteiger partial charge in [0.15, 0.2) is 17.6 Å². The summed E-state index contributed by atoms with van der Waals surface area (Å²) in [4.78, 5) is 21.5. The number of ether oxygens (including phenoxy) is 2. The molecule has 1 atom stereocenters. The summed E-state index contributed by atoms with van der Waals surface area (Å²) < 4.78 is 19.4. The summed E-state index contributed by atoms with van der Waals surface area (Å²) in [6, 6.07) is 9.43. The Labute approximate surface area is 195 Å². The van der Waals surface area contributed by atoms with Gasteiger partial charge in [0, 0.05) is 36.1 Å². The number of carbonyl (C=O) groups excluding carboxylic acids is 1. The average Bonchev–Trinajstić information content (AvgIpc) is 3.43. The standard InChI is InChI=1S/C25H23N5O4/c1-15-21-19(8-7-16-12-30(29-22(16)21)13-17-5-2-3-9-26-17)34-23(15)24(31)28-11-18-14-32-25-20(33-18)6-4-10-27-25/h2-6,9-10,12,18H,7-8,11,13-14H2,1H3,(H,28,31)/t18-/m0/s1. The number of hydrogen-bond donors (Lipinski definition) is 1. The molecule has 6 rings (SSSR count). The predicted molar refractivity (Wildman–Crippen MR) is 122 cm³/mol. The summed E-state index contributed by atoms with van der Waals surface area (Å²) in [5.74, 6) is 1.89. The van der Waals surface area contributed by atoms with Gasteiger partial charge in [0.1, 0.15) is 12.4 Å². The van der Waals surface area contributed by atoms with E-state index in [-0.39, 0.29) is 12.0 Å². The van der Waals surface area contributed by atoms with Gasteiger partial charge < -0.3 is 19.2 Å². The van der Waals surface area contributed by atoms with Crippen LogP contribution in [0.3, 0.4) is 0 Å². The van der Waals surface area contributed by atoms with E-state index < -0.39 is 0 Å². The third-order valence-corrected chi connectivity index (χ3v) is 6.10. The van der Waals surface area contributed by atoms with Gasteiger partial charge in [-0.25, -0.2) is 4.98 Å². The fourth-order valence-electron chi connectivity index (χ4n) is 4.47. The minimum Gasteiger partial charge on any atom is -0.479 e. The highest BCUT2D eigenvalue weighted by molar-refractivity contribution is 5.95. The van der Waals surface area contributed by atoms with Gasteiger partial charge in [0.2, 0.25) is 0 Å². The zero-order chi connectivity index (χ0) is 23.1. The fourth-order valence-corrected chi connectivity index (χ4v) is 4.47. The highest BCUT2D eigenvalue weighted by Crippen LogP contribution is 2.38. The van der Waals surface area contributed by atoms with Crippen molar-refractivity contribution in [1.82, 2.24) is 25.1 Å².